The summed E-state index contributed by atoms with van der Waals surface area (Å²) in [5, 5.41) is 0. The largest absolute Gasteiger partial charge is 0.462 e. The Hall–Kier alpha value is -1.67. The van der Waals surface area contributed by atoms with Gasteiger partial charge < -0.3 is 14.2 Å². The van der Waals surface area contributed by atoms with Gasteiger partial charge in [-0.1, -0.05) is 0 Å². The Morgan fingerprint density at radius 2 is 2.00 bits per heavy atom. The van der Waals surface area contributed by atoms with E-state index in [2.05, 4.69) is 4.98 Å². The van der Waals surface area contributed by atoms with Crippen LogP contribution < -0.4 is 0 Å². The van der Waals surface area contributed by atoms with Crippen molar-refractivity contribution in [1.82, 2.24) is 4.98 Å². The second-order valence-corrected chi connectivity index (χ2v) is 3.95. The maximum Gasteiger partial charge on any atom is 0.433 e. The molecule has 1 heterocycles. The molecule has 0 saturated carbocycles. The second kappa shape index (κ2) is 7.94. The highest BCUT2D eigenvalue weighted by Crippen LogP contribution is 2.28. The van der Waals surface area contributed by atoms with Crippen LogP contribution in [0.15, 0.2) is 12.1 Å². The molecule has 0 aliphatic carbocycles. The van der Waals surface area contributed by atoms with Gasteiger partial charge in [-0.05, 0) is 19.1 Å². The molecule has 0 radical (unpaired) electrons. The predicted octanol–water partition coefficient (Wildman–Crippen LogP) is 2.44. The molecule has 1 aromatic heterocycles. The average Bonchev–Trinajstić information content (AvgIpc) is 2.42. The lowest BCUT2D eigenvalue weighted by Gasteiger charge is -2.12. The minimum Gasteiger partial charge on any atom is -0.462 e. The first kappa shape index (κ1) is 17.4. The Bertz CT molecular complexity index is 477. The number of hydrogen-bond donors (Lipinski definition) is 0. The Kier molecular flexibility index (Phi) is 6.57. The Morgan fingerprint density at radius 1 is 1.29 bits per heavy atom. The third kappa shape index (κ3) is 5.31. The SMILES string of the molecule is CCOC(=O)c1ccc(C(F)(F)F)nc1COCCOC. The lowest BCUT2D eigenvalue weighted by atomic mass is 10.1. The molecule has 0 aliphatic rings. The lowest BCUT2D eigenvalue weighted by molar-refractivity contribution is -0.141. The minimum absolute atomic E-state index is 0.0396. The van der Waals surface area contributed by atoms with Gasteiger partial charge in [0.15, 0.2) is 0 Å². The molecular weight excluding hydrogens is 291 g/mol. The zero-order chi connectivity index (χ0) is 15.9. The summed E-state index contributed by atoms with van der Waals surface area (Å²) in [4.78, 5) is 15.1. The number of ether oxygens (including phenoxy) is 3. The van der Waals surface area contributed by atoms with E-state index in [1.165, 1.54) is 7.11 Å². The van der Waals surface area contributed by atoms with Crippen LogP contribution in [-0.4, -0.2) is 37.9 Å². The Morgan fingerprint density at radius 3 is 2.57 bits per heavy atom. The van der Waals surface area contributed by atoms with Crippen molar-refractivity contribution in [2.45, 2.75) is 19.7 Å². The molecule has 0 aromatic carbocycles. The number of carbonyl (C=O) groups is 1. The van der Waals surface area contributed by atoms with Crippen LogP contribution in [-0.2, 0) is 27.0 Å². The van der Waals surface area contributed by atoms with Gasteiger partial charge >= 0.3 is 12.1 Å². The fraction of sp³-hybridized carbons (Fsp3) is 0.538. The van der Waals surface area contributed by atoms with E-state index in [1.807, 2.05) is 0 Å². The van der Waals surface area contributed by atoms with Crippen molar-refractivity contribution >= 4 is 5.97 Å². The van der Waals surface area contributed by atoms with Crippen LogP contribution >= 0.6 is 0 Å². The van der Waals surface area contributed by atoms with Gasteiger partial charge in [-0.15, -0.1) is 0 Å². The van der Waals surface area contributed by atoms with E-state index < -0.39 is 17.8 Å². The monoisotopic (exact) mass is 307 g/mol. The van der Waals surface area contributed by atoms with Gasteiger partial charge in [0.25, 0.3) is 0 Å². The number of esters is 1. The Labute approximate surface area is 120 Å². The number of carbonyl (C=O) groups excluding carboxylic acids is 1. The molecule has 1 rings (SSSR count). The van der Waals surface area contributed by atoms with Crippen LogP contribution in [0.1, 0.15) is 28.7 Å². The number of methoxy groups -OCH3 is 1. The fourth-order valence-corrected chi connectivity index (χ4v) is 1.48. The van der Waals surface area contributed by atoms with Crippen molar-refractivity contribution < 1.29 is 32.2 Å². The summed E-state index contributed by atoms with van der Waals surface area (Å²) in [5.74, 6) is -0.732. The molecule has 0 spiro atoms. The first-order valence-corrected chi connectivity index (χ1v) is 6.21. The second-order valence-electron chi connectivity index (χ2n) is 3.95. The summed E-state index contributed by atoms with van der Waals surface area (Å²) in [7, 11) is 1.47. The first-order chi connectivity index (χ1) is 9.90. The average molecular weight is 307 g/mol. The van der Waals surface area contributed by atoms with E-state index in [0.717, 1.165) is 12.1 Å². The summed E-state index contributed by atoms with van der Waals surface area (Å²) < 4.78 is 52.6. The van der Waals surface area contributed by atoms with Gasteiger partial charge in [-0.2, -0.15) is 13.2 Å². The highest BCUT2D eigenvalue weighted by Gasteiger charge is 2.33. The number of aromatic nitrogens is 1. The smallest absolute Gasteiger partial charge is 0.433 e. The molecule has 0 unspecified atom stereocenters. The third-order valence-electron chi connectivity index (χ3n) is 2.43. The van der Waals surface area contributed by atoms with Crippen LogP contribution in [0.4, 0.5) is 13.2 Å². The number of pyridine rings is 1. The zero-order valence-corrected chi connectivity index (χ0v) is 11.7. The zero-order valence-electron chi connectivity index (χ0n) is 11.7. The normalized spacial score (nSPS) is 11.5. The summed E-state index contributed by atoms with van der Waals surface area (Å²) in [5.41, 5.74) is -1.23. The third-order valence-corrected chi connectivity index (χ3v) is 2.43. The summed E-state index contributed by atoms with van der Waals surface area (Å²) in [6.45, 7) is 1.94. The molecule has 1 aromatic rings. The quantitative estimate of drug-likeness (QED) is 0.572. The molecule has 21 heavy (non-hydrogen) atoms. The molecule has 0 N–H and O–H groups in total. The van der Waals surface area contributed by atoms with Crippen LogP contribution in [0.3, 0.4) is 0 Å². The van der Waals surface area contributed by atoms with Crippen molar-refractivity contribution in [1.29, 1.82) is 0 Å². The summed E-state index contributed by atoms with van der Waals surface area (Å²) >= 11 is 0. The van der Waals surface area contributed by atoms with E-state index in [4.69, 9.17) is 14.2 Å². The molecule has 0 bridgehead atoms. The van der Waals surface area contributed by atoms with Crippen LogP contribution in [0.25, 0.3) is 0 Å². The van der Waals surface area contributed by atoms with Gasteiger partial charge in [0.05, 0.1) is 37.7 Å². The van der Waals surface area contributed by atoms with Gasteiger partial charge in [-0.3, -0.25) is 0 Å². The summed E-state index contributed by atoms with van der Waals surface area (Å²) in [6.07, 6.45) is -4.59. The predicted molar refractivity (Wildman–Crippen MR) is 66.7 cm³/mol. The molecule has 0 aliphatic heterocycles. The Balaban J connectivity index is 2.98. The lowest BCUT2D eigenvalue weighted by Crippen LogP contribution is -2.16. The minimum atomic E-state index is -4.59. The molecule has 0 amide bonds. The molecule has 0 fully saturated rings. The van der Waals surface area contributed by atoms with Crippen molar-refractivity contribution in [2.24, 2.45) is 0 Å². The standard InChI is InChI=1S/C13H16F3NO4/c1-3-21-12(18)9-4-5-11(13(14,15)16)17-10(9)8-20-7-6-19-2/h4-5H,3,6-8H2,1-2H3. The fourth-order valence-electron chi connectivity index (χ4n) is 1.48. The van der Waals surface area contributed by atoms with Crippen molar-refractivity contribution in [3.05, 3.63) is 29.1 Å². The van der Waals surface area contributed by atoms with Crippen molar-refractivity contribution in [2.75, 3.05) is 26.9 Å². The topological polar surface area (TPSA) is 57.7 Å². The van der Waals surface area contributed by atoms with E-state index in [1.54, 1.807) is 6.92 Å². The van der Waals surface area contributed by atoms with Crippen molar-refractivity contribution in [3.8, 4) is 0 Å². The van der Waals surface area contributed by atoms with Gasteiger partial charge in [-0.25, -0.2) is 9.78 Å². The van der Waals surface area contributed by atoms with Gasteiger partial charge in [0.2, 0.25) is 0 Å². The maximum absolute atomic E-state index is 12.7. The molecule has 0 atom stereocenters. The van der Waals surface area contributed by atoms with E-state index >= 15 is 0 Å². The molecule has 8 heteroatoms. The molecular formula is C13H16F3NO4. The maximum atomic E-state index is 12.7. The highest BCUT2D eigenvalue weighted by molar-refractivity contribution is 5.90. The van der Waals surface area contributed by atoms with Crippen LogP contribution in [0.5, 0.6) is 0 Å². The van der Waals surface area contributed by atoms with Crippen molar-refractivity contribution in [3.63, 3.8) is 0 Å². The van der Waals surface area contributed by atoms with E-state index in [0.29, 0.717) is 0 Å². The number of halogens is 3. The van der Waals surface area contributed by atoms with Crippen LogP contribution in [0, 0.1) is 0 Å². The first-order valence-electron chi connectivity index (χ1n) is 6.21. The molecule has 118 valence electrons. The molecule has 5 nitrogen and oxygen atoms in total. The number of nitrogens with zero attached hydrogens (tertiary/aromatic N) is 1. The summed E-state index contributed by atoms with van der Waals surface area (Å²) in [6, 6.07) is 1.79. The highest BCUT2D eigenvalue weighted by atomic mass is 19.4. The van der Waals surface area contributed by atoms with Gasteiger partial charge in [0, 0.05) is 7.11 Å². The van der Waals surface area contributed by atoms with Gasteiger partial charge in [0.1, 0.15) is 5.69 Å². The van der Waals surface area contributed by atoms with Crippen LogP contribution in [0.2, 0.25) is 0 Å². The number of rotatable bonds is 7. The van der Waals surface area contributed by atoms with E-state index in [9.17, 15) is 18.0 Å². The van der Waals surface area contributed by atoms with E-state index in [-0.39, 0.29) is 37.7 Å². The number of hydrogen-bond acceptors (Lipinski definition) is 5. The molecule has 0 saturated heterocycles. The number of alkyl halides is 3.